The highest BCUT2D eigenvalue weighted by molar-refractivity contribution is 5.86. The highest BCUT2D eigenvalue weighted by Crippen LogP contribution is 2.26. The standard InChI is InChI=1S/C15H25NO2/c1-2-12-11-16(10-9-14(12)17)15(18)13-7-5-3-4-6-8-13/h12-13H,2-11H2,1H3. The van der Waals surface area contributed by atoms with Crippen molar-refractivity contribution in [1.29, 1.82) is 0 Å². The predicted octanol–water partition coefficient (Wildman–Crippen LogP) is 2.78. The van der Waals surface area contributed by atoms with E-state index >= 15 is 0 Å². The Labute approximate surface area is 110 Å². The van der Waals surface area contributed by atoms with Crippen LogP contribution in [0.3, 0.4) is 0 Å². The minimum atomic E-state index is 0.0912. The molecule has 1 atom stereocenters. The Balaban J connectivity index is 1.93. The number of likely N-dealkylation sites (tertiary alicyclic amines) is 1. The number of piperidine rings is 1. The summed E-state index contributed by atoms with van der Waals surface area (Å²) in [5, 5.41) is 0. The summed E-state index contributed by atoms with van der Waals surface area (Å²) in [5.74, 6) is 0.997. The Morgan fingerprint density at radius 3 is 2.50 bits per heavy atom. The van der Waals surface area contributed by atoms with E-state index in [0.717, 1.165) is 19.3 Å². The van der Waals surface area contributed by atoms with E-state index in [1.807, 2.05) is 11.8 Å². The number of nitrogens with zero attached hydrogens (tertiary/aromatic N) is 1. The van der Waals surface area contributed by atoms with Gasteiger partial charge in [-0.3, -0.25) is 9.59 Å². The molecule has 0 radical (unpaired) electrons. The Bertz CT molecular complexity index is 306. The van der Waals surface area contributed by atoms with Crippen molar-refractivity contribution in [2.45, 2.75) is 58.3 Å². The highest BCUT2D eigenvalue weighted by Gasteiger charge is 2.31. The summed E-state index contributed by atoms with van der Waals surface area (Å²) in [4.78, 5) is 26.1. The maximum Gasteiger partial charge on any atom is 0.225 e. The fourth-order valence-electron chi connectivity index (χ4n) is 3.25. The SMILES string of the molecule is CCC1CN(C(=O)C2CCCCCC2)CCC1=O. The third-order valence-electron chi connectivity index (χ3n) is 4.53. The van der Waals surface area contributed by atoms with Crippen LogP contribution < -0.4 is 0 Å². The van der Waals surface area contributed by atoms with E-state index < -0.39 is 0 Å². The molecule has 1 heterocycles. The first-order valence-corrected chi connectivity index (χ1v) is 7.54. The summed E-state index contributed by atoms with van der Waals surface area (Å²) in [7, 11) is 0. The predicted molar refractivity (Wildman–Crippen MR) is 71.2 cm³/mol. The van der Waals surface area contributed by atoms with Gasteiger partial charge in [-0.1, -0.05) is 32.6 Å². The van der Waals surface area contributed by atoms with E-state index in [4.69, 9.17) is 0 Å². The first-order chi connectivity index (χ1) is 8.72. The molecule has 1 amide bonds. The summed E-state index contributed by atoms with van der Waals surface area (Å²) in [6, 6.07) is 0. The number of carbonyl (C=O) groups is 2. The first-order valence-electron chi connectivity index (χ1n) is 7.54. The van der Waals surface area contributed by atoms with Crippen molar-refractivity contribution in [2.75, 3.05) is 13.1 Å². The van der Waals surface area contributed by atoms with E-state index in [0.29, 0.717) is 31.2 Å². The second kappa shape index (κ2) is 6.35. The van der Waals surface area contributed by atoms with Gasteiger partial charge in [0.15, 0.2) is 0 Å². The lowest BCUT2D eigenvalue weighted by Gasteiger charge is -2.33. The maximum atomic E-state index is 12.5. The van der Waals surface area contributed by atoms with Crippen molar-refractivity contribution >= 4 is 11.7 Å². The van der Waals surface area contributed by atoms with Crippen LogP contribution in [-0.4, -0.2) is 29.7 Å². The topological polar surface area (TPSA) is 37.4 Å². The summed E-state index contributed by atoms with van der Waals surface area (Å²) in [5.41, 5.74) is 0. The van der Waals surface area contributed by atoms with Crippen molar-refractivity contribution in [2.24, 2.45) is 11.8 Å². The van der Waals surface area contributed by atoms with Crippen LogP contribution in [0.5, 0.6) is 0 Å². The minimum absolute atomic E-state index is 0.0912. The largest absolute Gasteiger partial charge is 0.341 e. The second-order valence-corrected chi connectivity index (χ2v) is 5.79. The number of ketones is 1. The molecule has 1 aliphatic carbocycles. The first kappa shape index (κ1) is 13.6. The molecule has 0 aromatic heterocycles. The van der Waals surface area contributed by atoms with Gasteiger partial charge in [0.2, 0.25) is 5.91 Å². The second-order valence-electron chi connectivity index (χ2n) is 5.79. The molecule has 3 nitrogen and oxygen atoms in total. The average molecular weight is 251 g/mol. The Hall–Kier alpha value is -0.860. The van der Waals surface area contributed by atoms with E-state index in [1.165, 1.54) is 25.7 Å². The van der Waals surface area contributed by atoms with Crippen LogP contribution in [0.4, 0.5) is 0 Å². The number of hydrogen-bond acceptors (Lipinski definition) is 2. The van der Waals surface area contributed by atoms with Crippen LogP contribution in [0, 0.1) is 11.8 Å². The molecule has 1 unspecified atom stereocenters. The zero-order chi connectivity index (χ0) is 13.0. The molecule has 2 fully saturated rings. The van der Waals surface area contributed by atoms with Crippen molar-refractivity contribution in [3.05, 3.63) is 0 Å². The van der Waals surface area contributed by atoms with Gasteiger partial charge in [-0.25, -0.2) is 0 Å². The molecule has 3 heteroatoms. The highest BCUT2D eigenvalue weighted by atomic mass is 16.2. The van der Waals surface area contributed by atoms with Gasteiger partial charge in [0.05, 0.1) is 0 Å². The van der Waals surface area contributed by atoms with Gasteiger partial charge >= 0.3 is 0 Å². The van der Waals surface area contributed by atoms with Gasteiger partial charge in [-0.05, 0) is 19.3 Å². The Kier molecular flexibility index (Phi) is 4.79. The molecule has 2 rings (SSSR count). The van der Waals surface area contributed by atoms with Crippen LogP contribution in [0.25, 0.3) is 0 Å². The number of hydrogen-bond donors (Lipinski definition) is 0. The minimum Gasteiger partial charge on any atom is -0.341 e. The summed E-state index contributed by atoms with van der Waals surface area (Å²) in [6.07, 6.45) is 8.49. The quantitative estimate of drug-likeness (QED) is 0.708. The molecule has 2 aliphatic rings. The zero-order valence-corrected chi connectivity index (χ0v) is 11.5. The van der Waals surface area contributed by atoms with Gasteiger partial charge in [0, 0.05) is 31.3 Å². The number of carbonyl (C=O) groups excluding carboxylic acids is 2. The molecule has 1 saturated carbocycles. The van der Waals surface area contributed by atoms with Gasteiger partial charge in [-0.2, -0.15) is 0 Å². The lowest BCUT2D eigenvalue weighted by Crippen LogP contribution is -2.46. The fourth-order valence-corrected chi connectivity index (χ4v) is 3.25. The van der Waals surface area contributed by atoms with E-state index in [9.17, 15) is 9.59 Å². The van der Waals surface area contributed by atoms with Gasteiger partial charge < -0.3 is 4.90 Å². The molecule has 0 aromatic carbocycles. The van der Waals surface area contributed by atoms with Gasteiger partial charge in [0.1, 0.15) is 5.78 Å². The van der Waals surface area contributed by atoms with Crippen LogP contribution in [0.15, 0.2) is 0 Å². The van der Waals surface area contributed by atoms with Crippen LogP contribution in [0.2, 0.25) is 0 Å². The molecule has 18 heavy (non-hydrogen) atoms. The molecule has 1 saturated heterocycles. The molecule has 0 aromatic rings. The smallest absolute Gasteiger partial charge is 0.225 e. The monoisotopic (exact) mass is 251 g/mol. The van der Waals surface area contributed by atoms with Gasteiger partial charge in [-0.15, -0.1) is 0 Å². The van der Waals surface area contributed by atoms with Crippen LogP contribution in [0.1, 0.15) is 58.3 Å². The summed E-state index contributed by atoms with van der Waals surface area (Å²) < 4.78 is 0. The van der Waals surface area contributed by atoms with E-state index in [2.05, 4.69) is 0 Å². The van der Waals surface area contributed by atoms with Crippen molar-refractivity contribution in [3.8, 4) is 0 Å². The van der Waals surface area contributed by atoms with Gasteiger partial charge in [0.25, 0.3) is 0 Å². The van der Waals surface area contributed by atoms with Crippen LogP contribution in [-0.2, 0) is 9.59 Å². The molecule has 0 bridgehead atoms. The number of amides is 1. The lowest BCUT2D eigenvalue weighted by molar-refractivity contribution is -0.141. The van der Waals surface area contributed by atoms with E-state index in [-0.39, 0.29) is 11.8 Å². The number of Topliss-reactive ketones (excluding diaryl/α,β-unsaturated/α-hetero) is 1. The molecule has 102 valence electrons. The van der Waals surface area contributed by atoms with E-state index in [1.54, 1.807) is 0 Å². The normalized spacial score (nSPS) is 27.1. The zero-order valence-electron chi connectivity index (χ0n) is 11.5. The lowest BCUT2D eigenvalue weighted by atomic mass is 9.91. The molecule has 0 N–H and O–H groups in total. The maximum absolute atomic E-state index is 12.5. The van der Waals surface area contributed by atoms with Crippen molar-refractivity contribution in [3.63, 3.8) is 0 Å². The summed E-state index contributed by atoms with van der Waals surface area (Å²) >= 11 is 0. The molecule has 0 spiro atoms. The fraction of sp³-hybridized carbons (Fsp3) is 0.867. The third-order valence-corrected chi connectivity index (χ3v) is 4.53. The van der Waals surface area contributed by atoms with Crippen molar-refractivity contribution < 1.29 is 9.59 Å². The Morgan fingerprint density at radius 1 is 1.22 bits per heavy atom. The average Bonchev–Trinajstić information content (AvgIpc) is 2.67. The van der Waals surface area contributed by atoms with Crippen LogP contribution >= 0.6 is 0 Å². The summed E-state index contributed by atoms with van der Waals surface area (Å²) in [6.45, 7) is 3.37. The molecular weight excluding hydrogens is 226 g/mol. The molecule has 1 aliphatic heterocycles. The Morgan fingerprint density at radius 2 is 1.89 bits per heavy atom. The van der Waals surface area contributed by atoms with Crippen molar-refractivity contribution in [1.82, 2.24) is 4.90 Å². The third kappa shape index (κ3) is 3.12. The number of rotatable bonds is 2. The molecular formula is C15H25NO2.